The molecular formula is C23H16BrN. The van der Waals surface area contributed by atoms with Gasteiger partial charge in [0, 0.05) is 16.7 Å². The maximum Gasteiger partial charge on any atom is 0.0857 e. The standard InChI is InChI=1S/C23H16BrN/c24-22-20(17-10-4-1-5-11-17)16-21(18-12-6-2-7-13-18)25-23(22)19-14-8-3-9-15-19/h1-16H. The Labute approximate surface area is 156 Å². The lowest BCUT2D eigenvalue weighted by Crippen LogP contribution is -1.93. The van der Waals surface area contributed by atoms with E-state index in [1.165, 1.54) is 5.56 Å². The van der Waals surface area contributed by atoms with Crippen molar-refractivity contribution in [3.05, 3.63) is 102 Å². The van der Waals surface area contributed by atoms with Gasteiger partial charge >= 0.3 is 0 Å². The molecule has 1 nitrogen and oxygen atoms in total. The second-order valence-electron chi connectivity index (χ2n) is 5.82. The van der Waals surface area contributed by atoms with Crippen LogP contribution in [0.5, 0.6) is 0 Å². The van der Waals surface area contributed by atoms with Crippen LogP contribution in [-0.4, -0.2) is 4.98 Å². The number of nitrogens with zero attached hydrogens (tertiary/aromatic N) is 1. The lowest BCUT2D eigenvalue weighted by Gasteiger charge is -2.13. The molecule has 0 spiro atoms. The van der Waals surface area contributed by atoms with Gasteiger partial charge in [-0.1, -0.05) is 91.0 Å². The van der Waals surface area contributed by atoms with Gasteiger partial charge < -0.3 is 0 Å². The Morgan fingerprint density at radius 3 is 1.60 bits per heavy atom. The molecule has 0 unspecified atom stereocenters. The van der Waals surface area contributed by atoms with E-state index in [-0.39, 0.29) is 0 Å². The molecule has 0 N–H and O–H groups in total. The quantitative estimate of drug-likeness (QED) is 0.375. The summed E-state index contributed by atoms with van der Waals surface area (Å²) in [5.41, 5.74) is 6.47. The highest BCUT2D eigenvalue weighted by Gasteiger charge is 2.14. The molecular weight excluding hydrogens is 370 g/mol. The summed E-state index contributed by atoms with van der Waals surface area (Å²) in [4.78, 5) is 4.95. The van der Waals surface area contributed by atoms with Crippen LogP contribution in [0.4, 0.5) is 0 Å². The summed E-state index contributed by atoms with van der Waals surface area (Å²) < 4.78 is 1.02. The highest BCUT2D eigenvalue weighted by molar-refractivity contribution is 9.10. The van der Waals surface area contributed by atoms with E-state index in [1.54, 1.807) is 0 Å². The molecule has 0 saturated carbocycles. The molecule has 0 radical (unpaired) electrons. The van der Waals surface area contributed by atoms with E-state index in [9.17, 15) is 0 Å². The normalized spacial score (nSPS) is 10.6. The first-order valence-corrected chi connectivity index (χ1v) is 8.99. The number of hydrogen-bond acceptors (Lipinski definition) is 1. The summed E-state index contributed by atoms with van der Waals surface area (Å²) in [7, 11) is 0. The zero-order chi connectivity index (χ0) is 17.1. The van der Waals surface area contributed by atoms with Crippen molar-refractivity contribution in [2.75, 3.05) is 0 Å². The first-order valence-electron chi connectivity index (χ1n) is 8.20. The largest absolute Gasteiger partial charge is 0.247 e. The molecule has 0 bridgehead atoms. The lowest BCUT2D eigenvalue weighted by molar-refractivity contribution is 1.30. The van der Waals surface area contributed by atoms with Crippen LogP contribution in [0.3, 0.4) is 0 Å². The lowest BCUT2D eigenvalue weighted by atomic mass is 10.00. The van der Waals surface area contributed by atoms with Crippen LogP contribution in [0, 0.1) is 0 Å². The predicted molar refractivity (Wildman–Crippen MR) is 108 cm³/mol. The Kier molecular flexibility index (Phi) is 4.45. The van der Waals surface area contributed by atoms with Crippen LogP contribution < -0.4 is 0 Å². The van der Waals surface area contributed by atoms with E-state index in [0.717, 1.165) is 32.6 Å². The monoisotopic (exact) mass is 385 g/mol. The molecule has 25 heavy (non-hydrogen) atoms. The number of aromatic nitrogens is 1. The Morgan fingerprint density at radius 2 is 1.04 bits per heavy atom. The summed E-state index contributed by atoms with van der Waals surface area (Å²) in [6.07, 6.45) is 0. The second-order valence-corrected chi connectivity index (χ2v) is 6.61. The van der Waals surface area contributed by atoms with E-state index < -0.39 is 0 Å². The van der Waals surface area contributed by atoms with Gasteiger partial charge in [0.2, 0.25) is 0 Å². The van der Waals surface area contributed by atoms with E-state index in [2.05, 4.69) is 70.5 Å². The van der Waals surface area contributed by atoms with E-state index in [4.69, 9.17) is 4.98 Å². The summed E-state index contributed by atoms with van der Waals surface area (Å²) >= 11 is 3.80. The Balaban J connectivity index is 1.98. The number of rotatable bonds is 3. The molecule has 0 aliphatic carbocycles. The number of pyridine rings is 1. The molecule has 1 heterocycles. The molecule has 0 aliphatic rings. The third kappa shape index (κ3) is 3.26. The van der Waals surface area contributed by atoms with Crippen molar-refractivity contribution in [1.29, 1.82) is 0 Å². The molecule has 0 fully saturated rings. The van der Waals surface area contributed by atoms with Crippen LogP contribution >= 0.6 is 15.9 Å². The first kappa shape index (κ1) is 15.8. The minimum atomic E-state index is 0.959. The van der Waals surface area contributed by atoms with E-state index >= 15 is 0 Å². The fraction of sp³-hybridized carbons (Fsp3) is 0. The van der Waals surface area contributed by atoms with Crippen molar-refractivity contribution < 1.29 is 0 Å². The molecule has 0 amide bonds. The van der Waals surface area contributed by atoms with Gasteiger partial charge in [-0.15, -0.1) is 0 Å². The minimum absolute atomic E-state index is 0.959. The van der Waals surface area contributed by atoms with Crippen LogP contribution in [0.15, 0.2) is 102 Å². The third-order valence-electron chi connectivity index (χ3n) is 4.16. The summed E-state index contributed by atoms with van der Waals surface area (Å²) in [6, 6.07) is 33.2. The summed E-state index contributed by atoms with van der Waals surface area (Å²) in [5.74, 6) is 0. The zero-order valence-electron chi connectivity index (χ0n) is 13.6. The van der Waals surface area contributed by atoms with Crippen molar-refractivity contribution in [3.8, 4) is 33.6 Å². The molecule has 3 aromatic carbocycles. The smallest absolute Gasteiger partial charge is 0.0857 e. The molecule has 2 heteroatoms. The van der Waals surface area contributed by atoms with Crippen molar-refractivity contribution in [3.63, 3.8) is 0 Å². The van der Waals surface area contributed by atoms with Crippen LogP contribution in [0.1, 0.15) is 0 Å². The number of halogens is 1. The highest BCUT2D eigenvalue weighted by atomic mass is 79.9. The summed E-state index contributed by atoms with van der Waals surface area (Å²) in [5, 5.41) is 0. The van der Waals surface area contributed by atoms with Crippen LogP contribution in [-0.2, 0) is 0 Å². The van der Waals surface area contributed by atoms with Gasteiger partial charge in [-0.05, 0) is 27.6 Å². The van der Waals surface area contributed by atoms with Gasteiger partial charge in [-0.25, -0.2) is 4.98 Å². The van der Waals surface area contributed by atoms with Gasteiger partial charge in [-0.3, -0.25) is 0 Å². The minimum Gasteiger partial charge on any atom is -0.247 e. The van der Waals surface area contributed by atoms with E-state index in [1.807, 2.05) is 42.5 Å². The molecule has 4 aromatic rings. The molecule has 1 aromatic heterocycles. The molecule has 0 saturated heterocycles. The van der Waals surface area contributed by atoms with Gasteiger partial charge in [0.15, 0.2) is 0 Å². The summed E-state index contributed by atoms with van der Waals surface area (Å²) in [6.45, 7) is 0. The SMILES string of the molecule is Brc1c(-c2ccccc2)cc(-c2ccccc2)nc1-c1ccccc1. The Bertz CT molecular complexity index is 920. The topological polar surface area (TPSA) is 12.9 Å². The van der Waals surface area contributed by atoms with Crippen LogP contribution in [0.2, 0.25) is 0 Å². The first-order chi connectivity index (χ1) is 12.3. The second kappa shape index (κ2) is 7.04. The maximum atomic E-state index is 4.95. The van der Waals surface area contributed by atoms with Crippen molar-refractivity contribution in [1.82, 2.24) is 4.98 Å². The highest BCUT2D eigenvalue weighted by Crippen LogP contribution is 2.38. The Hall–Kier alpha value is -2.71. The fourth-order valence-corrected chi connectivity index (χ4v) is 3.56. The van der Waals surface area contributed by atoms with Gasteiger partial charge in [0.25, 0.3) is 0 Å². The van der Waals surface area contributed by atoms with Crippen LogP contribution in [0.25, 0.3) is 33.6 Å². The molecule has 0 aliphatic heterocycles. The van der Waals surface area contributed by atoms with Gasteiger partial charge in [0.1, 0.15) is 0 Å². The molecule has 0 atom stereocenters. The van der Waals surface area contributed by atoms with Gasteiger partial charge in [0.05, 0.1) is 15.9 Å². The third-order valence-corrected chi connectivity index (χ3v) is 4.96. The van der Waals surface area contributed by atoms with Crippen molar-refractivity contribution in [2.45, 2.75) is 0 Å². The maximum absolute atomic E-state index is 4.95. The average Bonchev–Trinajstić information content (AvgIpc) is 2.70. The average molecular weight is 386 g/mol. The zero-order valence-corrected chi connectivity index (χ0v) is 15.1. The number of benzene rings is 3. The Morgan fingerprint density at radius 1 is 0.560 bits per heavy atom. The van der Waals surface area contributed by atoms with Crippen molar-refractivity contribution >= 4 is 15.9 Å². The van der Waals surface area contributed by atoms with E-state index in [0.29, 0.717) is 0 Å². The predicted octanol–water partition coefficient (Wildman–Crippen LogP) is 6.85. The fourth-order valence-electron chi connectivity index (χ4n) is 2.90. The van der Waals surface area contributed by atoms with Gasteiger partial charge in [-0.2, -0.15) is 0 Å². The number of hydrogen-bond donors (Lipinski definition) is 0. The molecule has 4 rings (SSSR count). The molecule has 120 valence electrons. The van der Waals surface area contributed by atoms with Crippen molar-refractivity contribution in [2.24, 2.45) is 0 Å².